The van der Waals surface area contributed by atoms with Crippen molar-refractivity contribution in [3.05, 3.63) is 71.8 Å². The molecule has 2 rings (SSSR count). The van der Waals surface area contributed by atoms with Crippen LogP contribution >= 0.6 is 49.8 Å². The van der Waals surface area contributed by atoms with E-state index in [1.165, 1.54) is 29.4 Å². The second kappa shape index (κ2) is 13.4. The molecule has 2 atom stereocenters. The van der Waals surface area contributed by atoms with Crippen LogP contribution in [0.3, 0.4) is 0 Å². The van der Waals surface area contributed by atoms with Gasteiger partial charge in [-0.1, -0.05) is 104 Å². The molecule has 0 saturated heterocycles. The highest BCUT2D eigenvalue weighted by Gasteiger charge is 2.21. The second-order valence-corrected chi connectivity index (χ2v) is 13.0. The molecule has 0 saturated carbocycles. The summed E-state index contributed by atoms with van der Waals surface area (Å²) in [7, 11) is 0.130. The van der Waals surface area contributed by atoms with Gasteiger partial charge in [0.1, 0.15) is 0 Å². The molecule has 0 aliphatic heterocycles. The fourth-order valence-corrected chi connectivity index (χ4v) is 10.0. The van der Waals surface area contributed by atoms with Crippen LogP contribution in [-0.4, -0.2) is 17.2 Å². The lowest BCUT2D eigenvalue weighted by atomic mass is 10.2. The molecule has 2 aromatic rings. The van der Waals surface area contributed by atoms with Crippen LogP contribution in [-0.2, 0) is 12.3 Å². The topological polar surface area (TPSA) is 0 Å². The van der Waals surface area contributed by atoms with Crippen molar-refractivity contribution < 1.29 is 0 Å². The van der Waals surface area contributed by atoms with Crippen LogP contribution < -0.4 is 0 Å². The molecule has 0 N–H and O–H groups in total. The summed E-state index contributed by atoms with van der Waals surface area (Å²) >= 11 is 0. The molecule has 0 aliphatic carbocycles. The smallest absolute Gasteiger partial charge is 0.00676 e. The highest BCUT2D eigenvalue weighted by Crippen LogP contribution is 2.58. The van der Waals surface area contributed by atoms with Crippen LogP contribution in [0.1, 0.15) is 38.8 Å². The van der Waals surface area contributed by atoms with E-state index in [0.29, 0.717) is 0 Å². The van der Waals surface area contributed by atoms with Crippen molar-refractivity contribution >= 4 is 49.8 Å². The quantitative estimate of drug-likeness (QED) is 0.316. The summed E-state index contributed by atoms with van der Waals surface area (Å²) in [4.78, 5) is 0. The molecule has 0 radical (unpaired) electrons. The van der Waals surface area contributed by atoms with Crippen LogP contribution in [0.5, 0.6) is 0 Å². The first-order valence-corrected chi connectivity index (χ1v) is 12.2. The summed E-state index contributed by atoms with van der Waals surface area (Å²) in [5, 5.41) is 0. The van der Waals surface area contributed by atoms with E-state index >= 15 is 0 Å². The molecule has 140 valence electrons. The summed E-state index contributed by atoms with van der Waals surface area (Å²) in [5.74, 6) is 1.45. The first-order valence-electron chi connectivity index (χ1n) is 8.62. The van der Waals surface area contributed by atoms with Crippen molar-refractivity contribution in [2.24, 2.45) is 0 Å². The van der Waals surface area contributed by atoms with Crippen molar-refractivity contribution in [3.8, 4) is 0 Å². The standard InChI is InChI=1S/C21H30P2.2BrH/c1-18(2)22(15-20-11-7-5-8-12-20)17-23(19(3)4)16-21-13-9-6-10-14-21;;/h5-14,18-19H,15-17H2,1-4H3;2*1H. The van der Waals surface area contributed by atoms with E-state index in [4.69, 9.17) is 0 Å². The van der Waals surface area contributed by atoms with Gasteiger partial charge >= 0.3 is 0 Å². The number of hydrogen-bond donors (Lipinski definition) is 0. The van der Waals surface area contributed by atoms with Gasteiger partial charge in [-0.3, -0.25) is 0 Å². The van der Waals surface area contributed by atoms with Gasteiger partial charge in [-0.05, 0) is 40.7 Å². The van der Waals surface area contributed by atoms with Gasteiger partial charge < -0.3 is 0 Å². The van der Waals surface area contributed by atoms with Crippen LogP contribution in [0.2, 0.25) is 0 Å². The average molecular weight is 506 g/mol. The summed E-state index contributed by atoms with van der Waals surface area (Å²) in [6.07, 6.45) is 2.57. The molecule has 0 aliphatic rings. The lowest BCUT2D eigenvalue weighted by Gasteiger charge is -2.30. The molecule has 25 heavy (non-hydrogen) atoms. The second-order valence-electron chi connectivity index (χ2n) is 6.79. The Hall–Kier alpha value is 0.260. The van der Waals surface area contributed by atoms with E-state index in [9.17, 15) is 0 Å². The summed E-state index contributed by atoms with van der Waals surface area (Å²) < 4.78 is 0. The van der Waals surface area contributed by atoms with Crippen LogP contribution in [0.15, 0.2) is 60.7 Å². The molecule has 0 aromatic heterocycles. The molecule has 4 heteroatoms. The van der Waals surface area contributed by atoms with E-state index in [0.717, 1.165) is 11.3 Å². The zero-order valence-corrected chi connectivity index (χ0v) is 21.0. The van der Waals surface area contributed by atoms with Crippen LogP contribution in [0.4, 0.5) is 0 Å². The Labute approximate surface area is 178 Å². The molecule has 2 aromatic carbocycles. The highest BCUT2D eigenvalue weighted by atomic mass is 79.9. The average Bonchev–Trinajstić information content (AvgIpc) is 2.55. The third-order valence-corrected chi connectivity index (χ3v) is 11.7. The van der Waals surface area contributed by atoms with Gasteiger partial charge in [0.2, 0.25) is 0 Å². The monoisotopic (exact) mass is 504 g/mol. The molecule has 0 heterocycles. The van der Waals surface area contributed by atoms with Gasteiger partial charge in [0.15, 0.2) is 0 Å². The molecule has 0 bridgehead atoms. The Bertz CT molecular complexity index is 507. The lowest BCUT2D eigenvalue weighted by molar-refractivity contribution is 1.06. The first-order chi connectivity index (χ1) is 11.1. The Balaban J connectivity index is 0.00000288. The third-order valence-electron chi connectivity index (χ3n) is 4.28. The Kier molecular flexibility index (Phi) is 13.6. The van der Waals surface area contributed by atoms with Crippen LogP contribution in [0.25, 0.3) is 0 Å². The predicted octanol–water partition coefficient (Wildman–Crippen LogP) is 8.28. The lowest BCUT2D eigenvalue weighted by Crippen LogP contribution is -2.05. The first kappa shape index (κ1) is 25.3. The minimum absolute atomic E-state index is 0. The number of rotatable bonds is 8. The van der Waals surface area contributed by atoms with E-state index < -0.39 is 0 Å². The minimum atomic E-state index is 0. The normalized spacial score (nSPS) is 13.0. The maximum atomic E-state index is 2.42. The third kappa shape index (κ3) is 9.14. The molecular formula is C21H32Br2P2. The maximum absolute atomic E-state index is 2.42. The van der Waals surface area contributed by atoms with Gasteiger partial charge in [0.05, 0.1) is 0 Å². The molecule has 0 spiro atoms. The van der Waals surface area contributed by atoms with E-state index in [1.807, 2.05) is 0 Å². The zero-order chi connectivity index (χ0) is 16.7. The van der Waals surface area contributed by atoms with E-state index in [1.54, 1.807) is 0 Å². The zero-order valence-electron chi connectivity index (χ0n) is 15.8. The van der Waals surface area contributed by atoms with Crippen molar-refractivity contribution in [3.63, 3.8) is 0 Å². The van der Waals surface area contributed by atoms with Crippen molar-refractivity contribution in [2.45, 2.75) is 51.3 Å². The van der Waals surface area contributed by atoms with Gasteiger partial charge in [0.25, 0.3) is 0 Å². The van der Waals surface area contributed by atoms with E-state index in [-0.39, 0.29) is 49.8 Å². The molecule has 0 nitrogen and oxygen atoms in total. The SMILES string of the molecule is Br.Br.CC(C)P(Cc1ccccc1)CP(Cc1ccccc1)C(C)C. The summed E-state index contributed by atoms with van der Waals surface area (Å²) in [6, 6.07) is 22.2. The Morgan fingerprint density at radius 3 is 1.20 bits per heavy atom. The van der Waals surface area contributed by atoms with Gasteiger partial charge in [-0.25, -0.2) is 0 Å². The van der Waals surface area contributed by atoms with Gasteiger partial charge in [-0.2, -0.15) is 0 Å². The van der Waals surface area contributed by atoms with Crippen molar-refractivity contribution in [1.29, 1.82) is 0 Å². The van der Waals surface area contributed by atoms with Gasteiger partial charge in [0, 0.05) is 0 Å². The van der Waals surface area contributed by atoms with Crippen LogP contribution in [0, 0.1) is 0 Å². The maximum Gasteiger partial charge on any atom is -0.00676 e. The number of benzene rings is 2. The summed E-state index contributed by atoms with van der Waals surface area (Å²) in [5.41, 5.74) is 4.66. The molecular weight excluding hydrogens is 474 g/mol. The largest absolute Gasteiger partial charge is 0.114 e. The predicted molar refractivity (Wildman–Crippen MR) is 130 cm³/mol. The Morgan fingerprint density at radius 2 is 0.920 bits per heavy atom. The number of hydrogen-bond acceptors (Lipinski definition) is 0. The fraction of sp³-hybridized carbons (Fsp3) is 0.429. The van der Waals surface area contributed by atoms with Crippen molar-refractivity contribution in [2.75, 3.05) is 5.90 Å². The molecule has 0 fully saturated rings. The molecule has 0 amide bonds. The Morgan fingerprint density at radius 1 is 0.600 bits per heavy atom. The minimum Gasteiger partial charge on any atom is -0.114 e. The number of halogens is 2. The highest BCUT2D eigenvalue weighted by molar-refractivity contribution is 8.93. The van der Waals surface area contributed by atoms with Crippen molar-refractivity contribution in [1.82, 2.24) is 0 Å². The van der Waals surface area contributed by atoms with Gasteiger partial charge in [-0.15, -0.1) is 34.0 Å². The summed E-state index contributed by atoms with van der Waals surface area (Å²) in [6.45, 7) is 9.69. The fourth-order valence-electron chi connectivity index (χ4n) is 2.66. The molecule has 2 unspecified atom stereocenters. The van der Waals surface area contributed by atoms with E-state index in [2.05, 4.69) is 88.4 Å².